The summed E-state index contributed by atoms with van der Waals surface area (Å²) >= 11 is 0. The summed E-state index contributed by atoms with van der Waals surface area (Å²) in [6.07, 6.45) is 2.40. The molecule has 1 aromatic carbocycles. The molecule has 0 heterocycles. The SMILES string of the molecule is COc1ccc(CCNC(=O)NC=C(C)C)cc1OC. The highest BCUT2D eigenvalue weighted by Crippen LogP contribution is 2.27. The largest absolute Gasteiger partial charge is 0.493 e. The van der Waals surface area contributed by atoms with Crippen LogP contribution in [-0.4, -0.2) is 26.8 Å². The van der Waals surface area contributed by atoms with Crippen LogP contribution in [0.15, 0.2) is 30.0 Å². The maximum atomic E-state index is 11.4. The Balaban J connectivity index is 2.46. The van der Waals surface area contributed by atoms with E-state index in [2.05, 4.69) is 10.6 Å². The number of benzene rings is 1. The predicted molar refractivity (Wildman–Crippen MR) is 79.2 cm³/mol. The fourth-order valence-corrected chi connectivity index (χ4v) is 1.62. The van der Waals surface area contributed by atoms with Crippen molar-refractivity contribution in [2.75, 3.05) is 20.8 Å². The monoisotopic (exact) mass is 278 g/mol. The van der Waals surface area contributed by atoms with Crippen LogP contribution in [0.5, 0.6) is 11.5 Å². The fourth-order valence-electron chi connectivity index (χ4n) is 1.62. The number of allylic oxidation sites excluding steroid dienone is 1. The smallest absolute Gasteiger partial charge is 0.318 e. The van der Waals surface area contributed by atoms with Gasteiger partial charge in [-0.05, 0) is 38.0 Å². The zero-order valence-electron chi connectivity index (χ0n) is 12.4. The Morgan fingerprint density at radius 2 is 1.90 bits per heavy atom. The van der Waals surface area contributed by atoms with E-state index in [9.17, 15) is 4.79 Å². The second kappa shape index (κ2) is 8.09. The molecule has 0 radical (unpaired) electrons. The molecule has 0 aliphatic carbocycles. The van der Waals surface area contributed by atoms with Gasteiger partial charge in [0.05, 0.1) is 14.2 Å². The molecule has 2 N–H and O–H groups in total. The lowest BCUT2D eigenvalue weighted by atomic mass is 10.1. The summed E-state index contributed by atoms with van der Waals surface area (Å²) in [7, 11) is 3.21. The van der Waals surface area contributed by atoms with Gasteiger partial charge < -0.3 is 20.1 Å². The van der Waals surface area contributed by atoms with Crippen molar-refractivity contribution in [2.24, 2.45) is 0 Å². The summed E-state index contributed by atoms with van der Waals surface area (Å²) in [5.74, 6) is 1.39. The maximum Gasteiger partial charge on any atom is 0.318 e. The number of rotatable bonds is 6. The highest BCUT2D eigenvalue weighted by atomic mass is 16.5. The topological polar surface area (TPSA) is 59.6 Å². The van der Waals surface area contributed by atoms with Gasteiger partial charge in [0.15, 0.2) is 11.5 Å². The summed E-state index contributed by atoms with van der Waals surface area (Å²) < 4.78 is 10.4. The molecule has 0 aliphatic rings. The van der Waals surface area contributed by atoms with E-state index in [0.717, 1.165) is 17.6 Å². The van der Waals surface area contributed by atoms with E-state index >= 15 is 0 Å². The Morgan fingerprint density at radius 3 is 2.50 bits per heavy atom. The van der Waals surface area contributed by atoms with E-state index in [1.165, 1.54) is 0 Å². The molecule has 0 aliphatic heterocycles. The maximum absolute atomic E-state index is 11.4. The number of hydrogen-bond acceptors (Lipinski definition) is 3. The summed E-state index contributed by atoms with van der Waals surface area (Å²) in [6, 6.07) is 5.52. The molecule has 20 heavy (non-hydrogen) atoms. The van der Waals surface area contributed by atoms with E-state index in [0.29, 0.717) is 18.0 Å². The first-order chi connectivity index (χ1) is 9.56. The van der Waals surface area contributed by atoms with Gasteiger partial charge in [-0.1, -0.05) is 11.6 Å². The molecule has 0 aromatic heterocycles. The lowest BCUT2D eigenvalue weighted by molar-refractivity contribution is 0.244. The van der Waals surface area contributed by atoms with Crippen LogP contribution in [-0.2, 0) is 6.42 Å². The summed E-state index contributed by atoms with van der Waals surface area (Å²) in [5.41, 5.74) is 2.12. The number of carbonyl (C=O) groups is 1. The van der Waals surface area contributed by atoms with E-state index in [1.54, 1.807) is 20.4 Å². The molecule has 110 valence electrons. The average molecular weight is 278 g/mol. The van der Waals surface area contributed by atoms with Crippen LogP contribution in [0, 0.1) is 0 Å². The van der Waals surface area contributed by atoms with Crippen LogP contribution in [0.2, 0.25) is 0 Å². The van der Waals surface area contributed by atoms with Crippen molar-refractivity contribution in [1.82, 2.24) is 10.6 Å². The molecule has 0 atom stereocenters. The lowest BCUT2D eigenvalue weighted by Gasteiger charge is -2.10. The van der Waals surface area contributed by atoms with Crippen molar-refractivity contribution in [3.63, 3.8) is 0 Å². The first-order valence-electron chi connectivity index (χ1n) is 6.45. The molecule has 0 bridgehead atoms. The third-order valence-electron chi connectivity index (χ3n) is 2.64. The first kappa shape index (κ1) is 15.9. The van der Waals surface area contributed by atoms with Crippen LogP contribution in [0.3, 0.4) is 0 Å². The van der Waals surface area contributed by atoms with E-state index in [-0.39, 0.29) is 6.03 Å². The number of carbonyl (C=O) groups excluding carboxylic acids is 1. The van der Waals surface area contributed by atoms with Crippen LogP contribution < -0.4 is 20.1 Å². The zero-order valence-corrected chi connectivity index (χ0v) is 12.4. The summed E-state index contributed by atoms with van der Waals surface area (Å²) in [4.78, 5) is 11.4. The van der Waals surface area contributed by atoms with Crippen molar-refractivity contribution in [2.45, 2.75) is 20.3 Å². The lowest BCUT2D eigenvalue weighted by Crippen LogP contribution is -2.33. The van der Waals surface area contributed by atoms with Crippen LogP contribution in [0.4, 0.5) is 4.79 Å². The molecule has 0 saturated carbocycles. The molecule has 0 fully saturated rings. The van der Waals surface area contributed by atoms with Crippen molar-refractivity contribution < 1.29 is 14.3 Å². The average Bonchev–Trinajstić information content (AvgIpc) is 2.44. The highest BCUT2D eigenvalue weighted by molar-refractivity contribution is 5.74. The minimum absolute atomic E-state index is 0.202. The van der Waals surface area contributed by atoms with Crippen molar-refractivity contribution in [1.29, 1.82) is 0 Å². The van der Waals surface area contributed by atoms with Gasteiger partial charge in [0.2, 0.25) is 0 Å². The Labute approximate surface area is 120 Å². The Morgan fingerprint density at radius 1 is 1.20 bits per heavy atom. The van der Waals surface area contributed by atoms with E-state index in [1.807, 2.05) is 32.0 Å². The number of urea groups is 1. The van der Waals surface area contributed by atoms with Gasteiger partial charge in [-0.25, -0.2) is 4.79 Å². The number of hydrogen-bond donors (Lipinski definition) is 2. The van der Waals surface area contributed by atoms with Gasteiger partial charge in [0, 0.05) is 12.7 Å². The molecule has 0 unspecified atom stereocenters. The molecule has 2 amide bonds. The number of nitrogens with one attached hydrogen (secondary N) is 2. The van der Waals surface area contributed by atoms with Gasteiger partial charge in [-0.2, -0.15) is 0 Å². The van der Waals surface area contributed by atoms with Gasteiger partial charge in [-0.3, -0.25) is 0 Å². The van der Waals surface area contributed by atoms with Crippen molar-refractivity contribution >= 4 is 6.03 Å². The van der Waals surface area contributed by atoms with Gasteiger partial charge in [0.25, 0.3) is 0 Å². The van der Waals surface area contributed by atoms with E-state index in [4.69, 9.17) is 9.47 Å². The molecule has 1 rings (SSSR count). The molecular formula is C15H22N2O3. The van der Waals surface area contributed by atoms with E-state index < -0.39 is 0 Å². The predicted octanol–water partition coefficient (Wildman–Crippen LogP) is 2.47. The molecular weight excluding hydrogens is 256 g/mol. The van der Waals surface area contributed by atoms with Gasteiger partial charge in [0.1, 0.15) is 0 Å². The van der Waals surface area contributed by atoms with Crippen molar-refractivity contribution in [3.05, 3.63) is 35.5 Å². The van der Waals surface area contributed by atoms with Crippen molar-refractivity contribution in [3.8, 4) is 11.5 Å². The van der Waals surface area contributed by atoms with Crippen LogP contribution in [0.1, 0.15) is 19.4 Å². The molecule has 1 aromatic rings. The summed E-state index contributed by atoms with van der Waals surface area (Å²) in [5, 5.41) is 5.44. The minimum Gasteiger partial charge on any atom is -0.493 e. The highest BCUT2D eigenvalue weighted by Gasteiger charge is 2.04. The standard InChI is InChI=1S/C15H22N2O3/c1-11(2)10-17-15(18)16-8-7-12-5-6-13(19-3)14(9-12)20-4/h5-6,9-10H,7-8H2,1-4H3,(H2,16,17,18). The minimum atomic E-state index is -0.202. The van der Waals surface area contributed by atoms with Crippen LogP contribution >= 0.6 is 0 Å². The Hall–Kier alpha value is -2.17. The van der Waals surface area contributed by atoms with Gasteiger partial charge in [-0.15, -0.1) is 0 Å². The second-order valence-electron chi connectivity index (χ2n) is 4.56. The Kier molecular flexibility index (Phi) is 6.43. The summed E-state index contributed by atoms with van der Waals surface area (Å²) in [6.45, 7) is 4.39. The molecule has 0 spiro atoms. The molecule has 5 heteroatoms. The molecule has 5 nitrogen and oxygen atoms in total. The molecule has 0 saturated heterocycles. The third-order valence-corrected chi connectivity index (χ3v) is 2.64. The number of ether oxygens (including phenoxy) is 2. The zero-order chi connectivity index (χ0) is 15.0. The van der Waals surface area contributed by atoms with Gasteiger partial charge >= 0.3 is 6.03 Å². The third kappa shape index (κ3) is 5.22. The Bertz CT molecular complexity index is 480. The quantitative estimate of drug-likeness (QED) is 0.840. The first-order valence-corrected chi connectivity index (χ1v) is 6.45. The van der Waals surface area contributed by atoms with Crippen LogP contribution in [0.25, 0.3) is 0 Å². The fraction of sp³-hybridized carbons (Fsp3) is 0.400. The normalized spacial score (nSPS) is 9.60. The number of amides is 2. The second-order valence-corrected chi connectivity index (χ2v) is 4.56. The number of methoxy groups -OCH3 is 2.